The van der Waals surface area contributed by atoms with E-state index in [1.807, 2.05) is 0 Å². The third-order valence-electron chi connectivity index (χ3n) is 0.471. The molecule has 0 heterocycles. The van der Waals surface area contributed by atoms with Gasteiger partial charge in [0.05, 0.1) is 6.10 Å². The molecule has 0 aliphatic heterocycles. The zero-order valence-electron chi connectivity index (χ0n) is 4.26. The van der Waals surface area contributed by atoms with Crippen molar-refractivity contribution in [3.63, 3.8) is 0 Å². The molecule has 0 radical (unpaired) electrons. The Kier molecular flexibility index (Phi) is 3.09. The van der Waals surface area contributed by atoms with Gasteiger partial charge < -0.3 is 5.11 Å². The van der Waals surface area contributed by atoms with E-state index >= 15 is 0 Å². The number of rotatable bonds is 1. The number of aliphatic hydroxyl groups is 1. The Labute approximate surface area is 43.7 Å². The van der Waals surface area contributed by atoms with Gasteiger partial charge >= 0.3 is 0 Å². The van der Waals surface area contributed by atoms with Crippen LogP contribution in [0.25, 0.3) is 0 Å². The smallest absolute Gasteiger partial charge is 0.0701 e. The van der Waals surface area contributed by atoms with Crippen LogP contribution in [0.15, 0.2) is 12.2 Å². The van der Waals surface area contributed by atoms with Gasteiger partial charge in [0.1, 0.15) is 0 Å². The fraction of sp³-hybridized carbons (Fsp3) is 0.333. The normalized spacial score (nSPS) is 13.9. The van der Waals surface area contributed by atoms with E-state index in [1.165, 1.54) is 6.08 Å². The van der Waals surface area contributed by atoms with Crippen LogP contribution in [0.4, 0.5) is 0 Å². The predicted octanol–water partition coefficient (Wildman–Crippen LogP) is 0.557. The van der Waals surface area contributed by atoms with Crippen LogP contribution >= 0.6 is 0 Å². The Morgan fingerprint density at radius 2 is 2.43 bits per heavy atom. The van der Waals surface area contributed by atoms with Crippen LogP contribution in [-0.4, -0.2) is 11.2 Å². The molecule has 1 unspecified atom stereocenters. The average Bonchev–Trinajstić information content (AvgIpc) is 1.61. The van der Waals surface area contributed by atoms with E-state index in [-0.39, 0.29) is 0 Å². The Morgan fingerprint density at radius 1 is 1.86 bits per heavy atom. The van der Waals surface area contributed by atoms with E-state index in [9.17, 15) is 0 Å². The zero-order chi connectivity index (χ0) is 5.70. The summed E-state index contributed by atoms with van der Waals surface area (Å²) < 4.78 is 0. The fourth-order valence-electron chi connectivity index (χ4n) is 0.195. The van der Waals surface area contributed by atoms with Crippen molar-refractivity contribution in [2.45, 2.75) is 13.0 Å². The molecule has 0 saturated heterocycles. The number of aliphatic hydroxyl groups excluding tert-OH is 1. The summed E-state index contributed by atoms with van der Waals surface area (Å²) in [6.07, 6.45) is 7.43. The molecule has 0 aromatic heterocycles. The van der Waals surface area contributed by atoms with Gasteiger partial charge in [0.25, 0.3) is 0 Å². The maximum Gasteiger partial charge on any atom is 0.0701 e. The van der Waals surface area contributed by atoms with Gasteiger partial charge in [-0.25, -0.2) is 0 Å². The highest BCUT2D eigenvalue weighted by atomic mass is 16.3. The van der Waals surface area contributed by atoms with Crippen molar-refractivity contribution in [2.75, 3.05) is 0 Å². The van der Waals surface area contributed by atoms with E-state index in [0.717, 1.165) is 0 Å². The molecule has 0 aromatic carbocycles. The monoisotopic (exact) mass is 96.1 g/mol. The number of terminal acetylenes is 1. The van der Waals surface area contributed by atoms with Gasteiger partial charge in [-0.1, -0.05) is 5.92 Å². The van der Waals surface area contributed by atoms with Gasteiger partial charge in [-0.2, -0.15) is 0 Å². The molecule has 7 heavy (non-hydrogen) atoms. The third-order valence-corrected chi connectivity index (χ3v) is 0.471. The van der Waals surface area contributed by atoms with Crippen molar-refractivity contribution in [2.24, 2.45) is 0 Å². The van der Waals surface area contributed by atoms with Crippen molar-refractivity contribution in [1.82, 2.24) is 0 Å². The van der Waals surface area contributed by atoms with Crippen LogP contribution in [0.5, 0.6) is 0 Å². The molecular formula is C6H8O. The Hall–Kier alpha value is -0.740. The van der Waals surface area contributed by atoms with E-state index < -0.39 is 6.10 Å². The second-order valence-corrected chi connectivity index (χ2v) is 1.27. The fourth-order valence-corrected chi connectivity index (χ4v) is 0.195. The van der Waals surface area contributed by atoms with Gasteiger partial charge in [0.2, 0.25) is 0 Å². The molecule has 38 valence electrons. The first-order valence-corrected chi connectivity index (χ1v) is 2.08. The van der Waals surface area contributed by atoms with Crippen molar-refractivity contribution < 1.29 is 5.11 Å². The maximum absolute atomic E-state index is 8.50. The number of hydrogen-bond donors (Lipinski definition) is 1. The van der Waals surface area contributed by atoms with E-state index in [2.05, 4.69) is 5.92 Å². The molecule has 1 nitrogen and oxygen atoms in total. The highest BCUT2D eigenvalue weighted by molar-refractivity contribution is 5.09. The predicted molar refractivity (Wildman–Crippen MR) is 29.7 cm³/mol. The zero-order valence-corrected chi connectivity index (χ0v) is 4.26. The van der Waals surface area contributed by atoms with Gasteiger partial charge in [-0.3, -0.25) is 0 Å². The SMILES string of the molecule is C#C/C=C\C(C)O. The molecule has 1 heteroatoms. The Balaban J connectivity index is 3.31. The van der Waals surface area contributed by atoms with Gasteiger partial charge in [0.15, 0.2) is 0 Å². The lowest BCUT2D eigenvalue weighted by Gasteiger charge is -1.86. The van der Waals surface area contributed by atoms with Crippen LogP contribution in [0.3, 0.4) is 0 Å². The standard InChI is InChI=1S/C6H8O/c1-3-4-5-6(2)7/h1,4-7H,2H3/b5-4-. The lowest BCUT2D eigenvalue weighted by atomic mass is 10.4. The lowest BCUT2D eigenvalue weighted by Crippen LogP contribution is -1.90. The molecule has 0 saturated carbocycles. The Morgan fingerprint density at radius 3 is 2.57 bits per heavy atom. The summed E-state index contributed by atoms with van der Waals surface area (Å²) in [5.41, 5.74) is 0. The summed E-state index contributed by atoms with van der Waals surface area (Å²) >= 11 is 0. The van der Waals surface area contributed by atoms with E-state index in [1.54, 1.807) is 13.0 Å². The van der Waals surface area contributed by atoms with Crippen molar-refractivity contribution in [3.05, 3.63) is 12.2 Å². The molecule has 0 aromatic rings. The first kappa shape index (κ1) is 6.26. The first-order valence-electron chi connectivity index (χ1n) is 2.08. The molecule has 0 aliphatic carbocycles. The van der Waals surface area contributed by atoms with Gasteiger partial charge in [-0.15, -0.1) is 6.42 Å². The minimum Gasteiger partial charge on any atom is -0.389 e. The summed E-state index contributed by atoms with van der Waals surface area (Å²) in [6, 6.07) is 0. The molecule has 0 spiro atoms. The topological polar surface area (TPSA) is 20.2 Å². The summed E-state index contributed by atoms with van der Waals surface area (Å²) in [5, 5.41) is 8.50. The molecule has 1 atom stereocenters. The molecule has 0 aliphatic rings. The third kappa shape index (κ3) is 5.26. The minimum atomic E-state index is -0.420. The molecule has 0 fully saturated rings. The highest BCUT2D eigenvalue weighted by Gasteiger charge is 1.79. The second-order valence-electron chi connectivity index (χ2n) is 1.27. The molecular weight excluding hydrogens is 88.1 g/mol. The first-order chi connectivity index (χ1) is 3.27. The average molecular weight is 96.1 g/mol. The minimum absolute atomic E-state index is 0.420. The van der Waals surface area contributed by atoms with Crippen LogP contribution in [-0.2, 0) is 0 Å². The summed E-state index contributed by atoms with van der Waals surface area (Å²) in [7, 11) is 0. The maximum atomic E-state index is 8.50. The summed E-state index contributed by atoms with van der Waals surface area (Å²) in [6.45, 7) is 1.65. The number of allylic oxidation sites excluding steroid dienone is 1. The second kappa shape index (κ2) is 3.45. The van der Waals surface area contributed by atoms with Crippen LogP contribution < -0.4 is 0 Å². The number of hydrogen-bond acceptors (Lipinski definition) is 1. The molecule has 0 amide bonds. The van der Waals surface area contributed by atoms with Crippen LogP contribution in [0, 0.1) is 12.3 Å². The van der Waals surface area contributed by atoms with Crippen molar-refractivity contribution in [1.29, 1.82) is 0 Å². The molecule has 0 rings (SSSR count). The largest absolute Gasteiger partial charge is 0.389 e. The van der Waals surface area contributed by atoms with Crippen molar-refractivity contribution in [3.8, 4) is 12.3 Å². The lowest BCUT2D eigenvalue weighted by molar-refractivity contribution is 0.244. The summed E-state index contributed by atoms with van der Waals surface area (Å²) in [4.78, 5) is 0. The summed E-state index contributed by atoms with van der Waals surface area (Å²) in [5.74, 6) is 2.26. The highest BCUT2D eigenvalue weighted by Crippen LogP contribution is 1.78. The van der Waals surface area contributed by atoms with E-state index in [4.69, 9.17) is 11.5 Å². The van der Waals surface area contributed by atoms with E-state index in [0.29, 0.717) is 0 Å². The van der Waals surface area contributed by atoms with Gasteiger partial charge in [-0.05, 0) is 19.1 Å². The van der Waals surface area contributed by atoms with Crippen LogP contribution in [0.1, 0.15) is 6.92 Å². The Bertz CT molecular complexity index is 95.2. The molecule has 1 N–H and O–H groups in total. The quantitative estimate of drug-likeness (QED) is 0.473. The van der Waals surface area contributed by atoms with Crippen LogP contribution in [0.2, 0.25) is 0 Å². The molecule has 0 bridgehead atoms. The van der Waals surface area contributed by atoms with Gasteiger partial charge in [0, 0.05) is 0 Å². The van der Waals surface area contributed by atoms with Crippen molar-refractivity contribution >= 4 is 0 Å².